The Labute approximate surface area is 138 Å². The van der Waals surface area contributed by atoms with Gasteiger partial charge in [0, 0.05) is 0 Å². The molecule has 0 aliphatic rings. The van der Waals surface area contributed by atoms with Crippen LogP contribution < -0.4 is 24.0 Å². The van der Waals surface area contributed by atoms with Crippen LogP contribution in [0.4, 0.5) is 39.5 Å². The largest absolute Gasteiger partial charge is 1.00 e. The zero-order valence-corrected chi connectivity index (χ0v) is 12.9. The van der Waals surface area contributed by atoms with Crippen LogP contribution in [0.5, 0.6) is 0 Å². The molecule has 0 saturated carbocycles. The van der Waals surface area contributed by atoms with Crippen molar-refractivity contribution in [1.82, 2.24) is 0 Å². The number of hydrogen-bond acceptors (Lipinski definition) is 7. The molecule has 0 aliphatic heterocycles. The molecule has 0 amide bonds. The van der Waals surface area contributed by atoms with Gasteiger partial charge in [-0.15, -0.1) is 0 Å². The molecule has 0 aromatic rings. The van der Waals surface area contributed by atoms with Crippen molar-refractivity contribution < 1.29 is 88.7 Å². The number of alkyl halides is 9. The first kappa shape index (κ1) is 26.0. The molecule has 0 unspecified atom stereocenters. The molecule has 0 aromatic heterocycles. The van der Waals surface area contributed by atoms with E-state index >= 15 is 0 Å². The van der Waals surface area contributed by atoms with E-state index in [1.807, 2.05) is 0 Å². The SMILES string of the molecule is O=S(=O)(C(F)(F)F)C([O-])(S(=O)(=O)C(F)(F)F)S(=O)(=O)C(F)(F)F.[Li+]. The van der Waals surface area contributed by atoms with E-state index in [2.05, 4.69) is 0 Å². The predicted molar refractivity (Wildman–Crippen MR) is 47.7 cm³/mol. The number of halogens is 9. The molecular formula is C4F9LiO7S3. The van der Waals surface area contributed by atoms with Gasteiger partial charge in [-0.05, 0) is 0 Å². The molecule has 0 rings (SSSR count). The molecule has 0 radical (unpaired) electrons. The summed E-state index contributed by atoms with van der Waals surface area (Å²) in [5.41, 5.74) is -22.1. The van der Waals surface area contributed by atoms with Gasteiger partial charge in [0.15, 0.2) is 0 Å². The second kappa shape index (κ2) is 6.19. The van der Waals surface area contributed by atoms with Gasteiger partial charge < -0.3 is 5.11 Å². The second-order valence-corrected chi connectivity index (χ2v) is 10.3. The minimum atomic E-state index is -8.59. The third-order valence-corrected chi connectivity index (χ3v) is 9.65. The zero-order valence-electron chi connectivity index (χ0n) is 10.5. The van der Waals surface area contributed by atoms with Crippen molar-refractivity contribution in [1.29, 1.82) is 0 Å². The molecule has 0 aliphatic carbocycles. The van der Waals surface area contributed by atoms with E-state index in [0.29, 0.717) is 0 Å². The fourth-order valence-electron chi connectivity index (χ4n) is 0.859. The second-order valence-electron chi connectivity index (χ2n) is 3.35. The molecule has 0 spiro atoms. The van der Waals surface area contributed by atoms with E-state index in [4.69, 9.17) is 0 Å². The molecular weight excluding hydrogens is 434 g/mol. The van der Waals surface area contributed by atoms with Gasteiger partial charge in [-0.1, -0.05) is 0 Å². The fourth-order valence-corrected chi connectivity index (χ4v) is 6.88. The maximum Gasteiger partial charge on any atom is 1.00 e. The van der Waals surface area contributed by atoms with Crippen LogP contribution in [0, 0.1) is 0 Å². The van der Waals surface area contributed by atoms with Crippen LogP contribution in [-0.2, 0) is 29.5 Å². The third kappa shape index (κ3) is 3.25. The standard InChI is InChI=1S/C4F9O7S3.Li/c5-1(6,7)21(15,16)4(14,22(17,18)2(8,9)10)23(19,20)3(11,12)13;/q-1;+1. The van der Waals surface area contributed by atoms with Crippen LogP contribution in [0.15, 0.2) is 0 Å². The quantitative estimate of drug-likeness (QED) is 0.338. The third-order valence-electron chi connectivity index (χ3n) is 1.90. The minimum absolute atomic E-state index is 0. The van der Waals surface area contributed by atoms with E-state index in [-0.39, 0.29) is 18.9 Å². The van der Waals surface area contributed by atoms with Gasteiger partial charge in [-0.3, -0.25) is 0 Å². The van der Waals surface area contributed by atoms with Crippen molar-refractivity contribution in [2.45, 2.75) is 20.1 Å². The Balaban J connectivity index is 0. The molecule has 140 valence electrons. The molecule has 0 atom stereocenters. The van der Waals surface area contributed by atoms with Crippen molar-refractivity contribution >= 4 is 29.5 Å². The van der Waals surface area contributed by atoms with Crippen LogP contribution in [0.1, 0.15) is 0 Å². The van der Waals surface area contributed by atoms with Gasteiger partial charge >= 0.3 is 35.4 Å². The Morgan fingerprint density at radius 3 is 0.708 bits per heavy atom. The van der Waals surface area contributed by atoms with Crippen molar-refractivity contribution in [3.63, 3.8) is 0 Å². The van der Waals surface area contributed by atoms with Gasteiger partial charge in [0.05, 0.1) is 0 Å². The summed E-state index contributed by atoms with van der Waals surface area (Å²) in [6, 6.07) is 0. The summed E-state index contributed by atoms with van der Waals surface area (Å²) < 4.78 is 165. The number of sulfone groups is 3. The van der Waals surface area contributed by atoms with Crippen molar-refractivity contribution in [2.24, 2.45) is 0 Å². The summed E-state index contributed by atoms with van der Waals surface area (Å²) >= 11 is 0. The summed E-state index contributed by atoms with van der Waals surface area (Å²) in [6.07, 6.45) is 0. The van der Waals surface area contributed by atoms with E-state index in [9.17, 15) is 69.9 Å². The van der Waals surface area contributed by atoms with Crippen molar-refractivity contribution in [2.75, 3.05) is 0 Å². The smallest absolute Gasteiger partial charge is 0.813 e. The van der Waals surface area contributed by atoms with Crippen LogP contribution in [0.25, 0.3) is 0 Å². The average molecular weight is 434 g/mol. The monoisotopic (exact) mass is 434 g/mol. The molecule has 20 heteroatoms. The first-order valence-electron chi connectivity index (χ1n) is 4.13. The summed E-state index contributed by atoms with van der Waals surface area (Å²) in [7, 11) is -25.8. The first-order chi connectivity index (χ1) is 9.50. The van der Waals surface area contributed by atoms with Crippen LogP contribution >= 0.6 is 0 Å². The van der Waals surface area contributed by atoms with Crippen molar-refractivity contribution in [3.05, 3.63) is 0 Å². The molecule has 0 fully saturated rings. The molecule has 0 heterocycles. The summed E-state index contributed by atoms with van der Waals surface area (Å²) in [4.78, 5) is 0. The summed E-state index contributed by atoms with van der Waals surface area (Å²) in [5.74, 6) is 0. The van der Waals surface area contributed by atoms with Crippen LogP contribution in [0.3, 0.4) is 0 Å². The molecule has 7 nitrogen and oxygen atoms in total. The number of hydrogen-bond donors (Lipinski definition) is 0. The normalized spacial score (nSPS) is 15.8. The van der Waals surface area contributed by atoms with Crippen molar-refractivity contribution in [3.8, 4) is 0 Å². The van der Waals surface area contributed by atoms with Gasteiger partial charge in [0.1, 0.15) is 0 Å². The van der Waals surface area contributed by atoms with Gasteiger partial charge in [-0.2, -0.15) is 39.5 Å². The molecule has 0 bridgehead atoms. The van der Waals surface area contributed by atoms with E-state index in [1.165, 1.54) is 0 Å². The first-order valence-corrected chi connectivity index (χ1v) is 8.58. The minimum Gasteiger partial charge on any atom is -0.813 e. The Kier molecular flexibility index (Phi) is 6.71. The Hall–Kier alpha value is -0.223. The molecule has 24 heavy (non-hydrogen) atoms. The molecule has 0 saturated heterocycles. The van der Waals surface area contributed by atoms with Gasteiger partial charge in [-0.25, -0.2) is 25.3 Å². The summed E-state index contributed by atoms with van der Waals surface area (Å²) in [5, 5.41) is 11.2. The zero-order chi connectivity index (χ0) is 19.5. The van der Waals surface area contributed by atoms with E-state index in [1.54, 1.807) is 0 Å². The average Bonchev–Trinajstić information content (AvgIpc) is 2.22. The Morgan fingerprint density at radius 1 is 0.500 bits per heavy atom. The fraction of sp³-hybridized carbons (Fsp3) is 1.00. The topological polar surface area (TPSA) is 125 Å². The van der Waals surface area contributed by atoms with Crippen LogP contribution in [0.2, 0.25) is 0 Å². The van der Waals surface area contributed by atoms with Gasteiger partial charge in [0.25, 0.3) is 29.5 Å². The predicted octanol–water partition coefficient (Wildman–Crippen LogP) is -3.23. The molecule has 0 aromatic carbocycles. The Bertz CT molecular complexity index is 676. The maximum atomic E-state index is 12.1. The Morgan fingerprint density at radius 2 is 0.625 bits per heavy atom. The van der Waals surface area contributed by atoms with Gasteiger partial charge in [0.2, 0.25) is 3.60 Å². The van der Waals surface area contributed by atoms with Crippen LogP contribution in [-0.4, -0.2) is 45.4 Å². The summed E-state index contributed by atoms with van der Waals surface area (Å²) in [6.45, 7) is 0. The van der Waals surface area contributed by atoms with E-state index < -0.39 is 49.6 Å². The van der Waals surface area contributed by atoms with E-state index in [0.717, 1.165) is 0 Å². The maximum absolute atomic E-state index is 12.1. The molecule has 0 N–H and O–H groups in total. The number of rotatable bonds is 3.